The number of unbranched alkanes of at least 4 members (excludes halogenated alkanes) is 11. The number of nitrogens with zero attached hydrogens (tertiary/aromatic N) is 1. The molecule has 0 fully saturated rings. The van der Waals surface area contributed by atoms with Crippen LogP contribution in [-0.4, -0.2) is 62.0 Å². The number of benzene rings is 1. The Kier molecular flexibility index (Phi) is 34.7. The van der Waals surface area contributed by atoms with Crippen LogP contribution < -0.4 is 11.5 Å². The lowest BCUT2D eigenvalue weighted by atomic mass is 10.1. The standard InChI is InChI=1S/C32H59N4O3P.4ClH/c1-2-3-4-5-6-7-8-9-10-11-12-15-26-38-40(37,28-25-36(23-16-21-33)24-17-22-34)39-27-20-30-29-35-32-19-14-13-18-31(30)32;;;;/h13-14,18-19,29,35H,2-12,15-17,20-28,33-34H2,1H3;4*1H. The van der Waals surface area contributed by atoms with Gasteiger partial charge in [0, 0.05) is 23.6 Å². The Morgan fingerprint density at radius 1 is 0.705 bits per heavy atom. The second-order valence-electron chi connectivity index (χ2n) is 11.1. The van der Waals surface area contributed by atoms with Gasteiger partial charge in [0.15, 0.2) is 0 Å². The van der Waals surface area contributed by atoms with E-state index in [2.05, 4.69) is 28.9 Å². The quantitative estimate of drug-likeness (QED) is 0.0627. The van der Waals surface area contributed by atoms with Crippen molar-refractivity contribution in [3.63, 3.8) is 0 Å². The highest BCUT2D eigenvalue weighted by Gasteiger charge is 2.25. The monoisotopic (exact) mass is 722 g/mol. The Balaban J connectivity index is -0.00000420. The maximum absolute atomic E-state index is 13.8. The SMILES string of the molecule is CCCCCCCCCCCCCCOP(=O)(CCN(CCCN)CCCN)OCCc1c[nH]c2ccccc12.Cl.Cl.Cl.Cl. The van der Waals surface area contributed by atoms with Crippen molar-refractivity contribution >= 4 is 68.1 Å². The number of hydrogen-bond donors (Lipinski definition) is 3. The zero-order valence-electron chi connectivity index (χ0n) is 27.1. The summed E-state index contributed by atoms with van der Waals surface area (Å²) in [5, 5.41) is 1.19. The van der Waals surface area contributed by atoms with E-state index in [1.54, 1.807) is 0 Å². The van der Waals surface area contributed by atoms with E-state index in [9.17, 15) is 4.57 Å². The van der Waals surface area contributed by atoms with Crippen molar-refractivity contribution in [2.24, 2.45) is 11.5 Å². The molecule has 1 heterocycles. The Bertz CT molecular complexity index is 934. The molecule has 0 aliphatic heterocycles. The van der Waals surface area contributed by atoms with Gasteiger partial charge in [-0.3, -0.25) is 4.57 Å². The van der Waals surface area contributed by atoms with Crippen LogP contribution in [0.5, 0.6) is 0 Å². The molecule has 0 radical (unpaired) electrons. The minimum absolute atomic E-state index is 0. The van der Waals surface area contributed by atoms with Gasteiger partial charge in [-0.1, -0.05) is 95.8 Å². The first-order chi connectivity index (χ1) is 19.6. The molecular weight excluding hydrogens is 661 g/mol. The van der Waals surface area contributed by atoms with Crippen LogP contribution in [0, 0.1) is 0 Å². The van der Waals surface area contributed by atoms with Gasteiger partial charge in [-0.05, 0) is 63.5 Å². The third kappa shape index (κ3) is 21.7. The molecule has 1 unspecified atom stereocenters. The molecule has 44 heavy (non-hydrogen) atoms. The smallest absolute Gasteiger partial charge is 0.331 e. The first-order valence-electron chi connectivity index (χ1n) is 16.2. The molecule has 1 aromatic carbocycles. The number of hydrogen-bond acceptors (Lipinski definition) is 6. The van der Waals surface area contributed by atoms with Gasteiger partial charge in [-0.25, -0.2) is 0 Å². The minimum atomic E-state index is -3.21. The number of nitrogens with two attached hydrogens (primary N) is 2. The number of H-pyrrole nitrogens is 1. The fraction of sp³-hybridized carbons (Fsp3) is 0.750. The lowest BCUT2D eigenvalue weighted by Gasteiger charge is -2.25. The summed E-state index contributed by atoms with van der Waals surface area (Å²) >= 11 is 0. The third-order valence-electron chi connectivity index (χ3n) is 7.67. The predicted octanol–water partition coefficient (Wildman–Crippen LogP) is 9.32. The van der Waals surface area contributed by atoms with E-state index in [4.69, 9.17) is 20.5 Å². The van der Waals surface area contributed by atoms with Crippen LogP contribution in [0.1, 0.15) is 102 Å². The Morgan fingerprint density at radius 2 is 1.23 bits per heavy atom. The lowest BCUT2D eigenvalue weighted by molar-refractivity contribution is 0.196. The van der Waals surface area contributed by atoms with E-state index in [1.807, 2.05) is 18.3 Å². The minimum Gasteiger partial charge on any atom is -0.361 e. The molecular formula is C32H63Cl4N4O3P. The van der Waals surface area contributed by atoms with Crippen molar-refractivity contribution in [1.82, 2.24) is 9.88 Å². The molecule has 7 nitrogen and oxygen atoms in total. The molecule has 0 spiro atoms. The van der Waals surface area contributed by atoms with Crippen LogP contribution in [0.15, 0.2) is 30.5 Å². The molecule has 2 rings (SSSR count). The van der Waals surface area contributed by atoms with E-state index >= 15 is 0 Å². The van der Waals surface area contributed by atoms with Gasteiger partial charge in [0.05, 0.1) is 19.4 Å². The molecule has 262 valence electrons. The Hall–Kier alpha value is -0.0500. The maximum atomic E-state index is 13.8. The molecule has 0 amide bonds. The van der Waals surface area contributed by atoms with Crippen LogP contribution in [0.2, 0.25) is 0 Å². The summed E-state index contributed by atoms with van der Waals surface area (Å²) in [5.74, 6) is 0. The van der Waals surface area contributed by atoms with Gasteiger partial charge in [-0.2, -0.15) is 0 Å². The van der Waals surface area contributed by atoms with Gasteiger partial charge in [0.1, 0.15) is 0 Å². The van der Waals surface area contributed by atoms with Crippen molar-refractivity contribution in [3.8, 4) is 0 Å². The molecule has 0 saturated carbocycles. The van der Waals surface area contributed by atoms with Crippen molar-refractivity contribution < 1.29 is 13.6 Å². The molecule has 0 aliphatic carbocycles. The molecule has 1 aromatic heterocycles. The molecule has 2 aromatic rings. The number of para-hydroxylation sites is 1. The number of rotatable bonds is 27. The highest BCUT2D eigenvalue weighted by Crippen LogP contribution is 2.48. The zero-order valence-corrected chi connectivity index (χ0v) is 31.2. The molecule has 0 saturated heterocycles. The average molecular weight is 725 g/mol. The first kappa shape index (κ1) is 48.3. The summed E-state index contributed by atoms with van der Waals surface area (Å²) in [6.45, 7) is 6.86. The first-order valence-corrected chi connectivity index (χ1v) is 17.9. The summed E-state index contributed by atoms with van der Waals surface area (Å²) < 4.78 is 25.9. The topological polar surface area (TPSA) is 107 Å². The number of aromatic nitrogens is 1. The highest BCUT2D eigenvalue weighted by molar-refractivity contribution is 7.53. The Morgan fingerprint density at radius 3 is 1.80 bits per heavy atom. The second-order valence-corrected chi connectivity index (χ2v) is 13.3. The van der Waals surface area contributed by atoms with Gasteiger partial charge in [-0.15, -0.1) is 49.6 Å². The van der Waals surface area contributed by atoms with Crippen molar-refractivity contribution in [3.05, 3.63) is 36.0 Å². The number of aromatic amines is 1. The maximum Gasteiger partial charge on any atom is 0.331 e. The number of fused-ring (bicyclic) bond motifs is 1. The van der Waals surface area contributed by atoms with Crippen LogP contribution in [0.25, 0.3) is 10.9 Å². The van der Waals surface area contributed by atoms with E-state index in [-0.39, 0.29) is 49.6 Å². The molecule has 0 bridgehead atoms. The van der Waals surface area contributed by atoms with Crippen LogP contribution >= 0.6 is 57.2 Å². The van der Waals surface area contributed by atoms with Crippen molar-refractivity contribution in [2.75, 3.05) is 52.1 Å². The van der Waals surface area contributed by atoms with Crippen molar-refractivity contribution in [2.45, 2.75) is 103 Å². The summed E-state index contributed by atoms with van der Waals surface area (Å²) in [7, 11) is -3.21. The number of halogens is 4. The van der Waals surface area contributed by atoms with Gasteiger partial charge in [0.25, 0.3) is 0 Å². The fourth-order valence-corrected chi connectivity index (χ4v) is 6.81. The van der Waals surface area contributed by atoms with Gasteiger partial charge < -0.3 is 30.4 Å². The van der Waals surface area contributed by atoms with Crippen molar-refractivity contribution in [1.29, 1.82) is 0 Å². The normalized spacial score (nSPS) is 12.2. The molecule has 5 N–H and O–H groups in total. The summed E-state index contributed by atoms with van der Waals surface area (Å²) in [4.78, 5) is 5.61. The lowest BCUT2D eigenvalue weighted by Crippen LogP contribution is -2.31. The molecule has 1 atom stereocenters. The van der Waals surface area contributed by atoms with E-state index in [0.717, 1.165) is 44.3 Å². The van der Waals surface area contributed by atoms with E-state index < -0.39 is 7.60 Å². The molecule has 12 heteroatoms. The van der Waals surface area contributed by atoms with Gasteiger partial charge >= 0.3 is 7.60 Å². The van der Waals surface area contributed by atoms with Crippen LogP contribution in [-0.2, 0) is 20.0 Å². The highest BCUT2D eigenvalue weighted by atomic mass is 35.5. The largest absolute Gasteiger partial charge is 0.361 e. The fourth-order valence-electron chi connectivity index (χ4n) is 5.18. The predicted molar refractivity (Wildman–Crippen MR) is 200 cm³/mol. The third-order valence-corrected chi connectivity index (χ3v) is 9.57. The van der Waals surface area contributed by atoms with Crippen LogP contribution in [0.3, 0.4) is 0 Å². The van der Waals surface area contributed by atoms with E-state index in [0.29, 0.717) is 45.4 Å². The summed E-state index contributed by atoms with van der Waals surface area (Å²) in [6.07, 6.45) is 20.4. The average Bonchev–Trinajstić information content (AvgIpc) is 3.38. The number of nitrogens with one attached hydrogen (secondary N) is 1. The van der Waals surface area contributed by atoms with Gasteiger partial charge in [0.2, 0.25) is 0 Å². The summed E-state index contributed by atoms with van der Waals surface area (Å²) in [5.41, 5.74) is 13.8. The molecule has 0 aliphatic rings. The Labute approximate surface area is 293 Å². The zero-order chi connectivity index (χ0) is 28.7. The van der Waals surface area contributed by atoms with E-state index in [1.165, 1.54) is 75.2 Å². The second kappa shape index (κ2) is 31.5. The van der Waals surface area contributed by atoms with Crippen LogP contribution in [0.4, 0.5) is 0 Å². The summed E-state index contributed by atoms with van der Waals surface area (Å²) in [6, 6.07) is 8.25.